The standard InChI is InChI=1S/C17H21NO2/c1-14-6-8-15(9-7-14)13-18-16-4-3-5-17(12-16)20-11-10-19-2/h3-9,12,18H,10-11,13H2,1-2H3. The Morgan fingerprint density at radius 1 is 1.00 bits per heavy atom. The molecule has 0 spiro atoms. The van der Waals surface area contributed by atoms with Crippen LogP contribution in [0.3, 0.4) is 0 Å². The van der Waals surface area contributed by atoms with Crippen molar-refractivity contribution < 1.29 is 9.47 Å². The van der Waals surface area contributed by atoms with Crippen molar-refractivity contribution >= 4 is 5.69 Å². The van der Waals surface area contributed by atoms with Crippen molar-refractivity contribution in [1.82, 2.24) is 0 Å². The van der Waals surface area contributed by atoms with Crippen LogP contribution in [0.15, 0.2) is 48.5 Å². The summed E-state index contributed by atoms with van der Waals surface area (Å²) >= 11 is 0. The van der Waals surface area contributed by atoms with Crippen LogP contribution in [0.5, 0.6) is 5.75 Å². The Bertz CT molecular complexity index is 523. The van der Waals surface area contributed by atoms with Gasteiger partial charge in [0.1, 0.15) is 12.4 Å². The fourth-order valence-electron chi connectivity index (χ4n) is 1.85. The second kappa shape index (κ2) is 7.56. The fourth-order valence-corrected chi connectivity index (χ4v) is 1.85. The summed E-state index contributed by atoms with van der Waals surface area (Å²) in [6, 6.07) is 16.5. The molecule has 0 bridgehead atoms. The summed E-state index contributed by atoms with van der Waals surface area (Å²) in [7, 11) is 1.67. The van der Waals surface area contributed by atoms with Crippen LogP contribution in [-0.2, 0) is 11.3 Å². The van der Waals surface area contributed by atoms with Crippen molar-refractivity contribution in [2.75, 3.05) is 25.6 Å². The lowest BCUT2D eigenvalue weighted by Gasteiger charge is -2.10. The molecule has 3 nitrogen and oxygen atoms in total. The third-order valence-electron chi connectivity index (χ3n) is 3.01. The Hall–Kier alpha value is -2.00. The van der Waals surface area contributed by atoms with Crippen molar-refractivity contribution in [2.45, 2.75) is 13.5 Å². The van der Waals surface area contributed by atoms with E-state index in [4.69, 9.17) is 9.47 Å². The zero-order valence-corrected chi connectivity index (χ0v) is 12.1. The van der Waals surface area contributed by atoms with Gasteiger partial charge in [-0.2, -0.15) is 0 Å². The summed E-state index contributed by atoms with van der Waals surface area (Å²) in [6.07, 6.45) is 0. The molecule has 0 saturated heterocycles. The molecule has 106 valence electrons. The number of methoxy groups -OCH3 is 1. The summed E-state index contributed by atoms with van der Waals surface area (Å²) in [4.78, 5) is 0. The predicted molar refractivity (Wildman–Crippen MR) is 82.3 cm³/mol. The van der Waals surface area contributed by atoms with Gasteiger partial charge in [-0.25, -0.2) is 0 Å². The third kappa shape index (κ3) is 4.59. The zero-order valence-electron chi connectivity index (χ0n) is 12.1. The molecule has 2 aromatic rings. The highest BCUT2D eigenvalue weighted by atomic mass is 16.5. The molecule has 0 aromatic heterocycles. The van der Waals surface area contributed by atoms with Gasteiger partial charge in [-0.05, 0) is 24.6 Å². The molecule has 3 heteroatoms. The highest BCUT2D eigenvalue weighted by Gasteiger charge is 1.98. The molecule has 0 aliphatic rings. The lowest BCUT2D eigenvalue weighted by atomic mass is 10.1. The quantitative estimate of drug-likeness (QED) is 0.780. The first-order chi connectivity index (χ1) is 9.78. The third-order valence-corrected chi connectivity index (χ3v) is 3.01. The number of hydrogen-bond donors (Lipinski definition) is 1. The van der Waals surface area contributed by atoms with E-state index in [-0.39, 0.29) is 0 Å². The highest BCUT2D eigenvalue weighted by Crippen LogP contribution is 2.18. The van der Waals surface area contributed by atoms with Crippen molar-refractivity contribution in [2.24, 2.45) is 0 Å². The fraction of sp³-hybridized carbons (Fsp3) is 0.294. The van der Waals surface area contributed by atoms with Gasteiger partial charge in [0.25, 0.3) is 0 Å². The summed E-state index contributed by atoms with van der Waals surface area (Å²) in [5.41, 5.74) is 3.60. The largest absolute Gasteiger partial charge is 0.491 e. The maximum Gasteiger partial charge on any atom is 0.121 e. The van der Waals surface area contributed by atoms with Crippen LogP contribution in [0, 0.1) is 6.92 Å². The van der Waals surface area contributed by atoms with Gasteiger partial charge >= 0.3 is 0 Å². The van der Waals surface area contributed by atoms with Crippen LogP contribution in [0.2, 0.25) is 0 Å². The molecule has 0 heterocycles. The van der Waals surface area contributed by atoms with E-state index in [1.165, 1.54) is 11.1 Å². The van der Waals surface area contributed by atoms with Gasteiger partial charge < -0.3 is 14.8 Å². The summed E-state index contributed by atoms with van der Waals surface area (Å²) < 4.78 is 10.6. The minimum absolute atomic E-state index is 0.567. The first-order valence-corrected chi connectivity index (χ1v) is 6.79. The molecule has 0 radical (unpaired) electrons. The van der Waals surface area contributed by atoms with Gasteiger partial charge in [0.15, 0.2) is 0 Å². The average Bonchev–Trinajstić information content (AvgIpc) is 2.47. The van der Waals surface area contributed by atoms with Crippen LogP contribution >= 0.6 is 0 Å². The minimum atomic E-state index is 0.567. The Kier molecular flexibility index (Phi) is 5.44. The molecule has 20 heavy (non-hydrogen) atoms. The molecule has 2 aromatic carbocycles. The number of hydrogen-bond acceptors (Lipinski definition) is 3. The van der Waals surface area contributed by atoms with Crippen LogP contribution in [0.4, 0.5) is 5.69 Å². The molecule has 0 aliphatic carbocycles. The van der Waals surface area contributed by atoms with E-state index in [0.29, 0.717) is 13.2 Å². The maximum atomic E-state index is 5.59. The van der Waals surface area contributed by atoms with Gasteiger partial charge in [0.05, 0.1) is 6.61 Å². The number of anilines is 1. The molecule has 0 aliphatic heterocycles. The average molecular weight is 271 g/mol. The van der Waals surface area contributed by atoms with E-state index in [1.54, 1.807) is 7.11 Å². The van der Waals surface area contributed by atoms with E-state index in [9.17, 15) is 0 Å². The zero-order chi connectivity index (χ0) is 14.2. The SMILES string of the molecule is COCCOc1cccc(NCc2ccc(C)cc2)c1. The summed E-state index contributed by atoms with van der Waals surface area (Å²) in [5, 5.41) is 3.40. The minimum Gasteiger partial charge on any atom is -0.491 e. The lowest BCUT2D eigenvalue weighted by Crippen LogP contribution is -2.05. The number of benzene rings is 2. The van der Waals surface area contributed by atoms with E-state index in [1.807, 2.05) is 24.3 Å². The smallest absolute Gasteiger partial charge is 0.121 e. The van der Waals surface area contributed by atoms with E-state index in [0.717, 1.165) is 18.0 Å². The second-order valence-corrected chi connectivity index (χ2v) is 4.71. The molecular weight excluding hydrogens is 250 g/mol. The van der Waals surface area contributed by atoms with Crippen LogP contribution in [0.25, 0.3) is 0 Å². The van der Waals surface area contributed by atoms with Gasteiger partial charge in [-0.15, -0.1) is 0 Å². The molecule has 0 fully saturated rings. The predicted octanol–water partition coefficient (Wildman–Crippen LogP) is 3.63. The van der Waals surface area contributed by atoms with Gasteiger partial charge in [-0.1, -0.05) is 35.9 Å². The molecule has 0 atom stereocenters. The molecular formula is C17H21NO2. The topological polar surface area (TPSA) is 30.5 Å². The van der Waals surface area contributed by atoms with Gasteiger partial charge in [-0.3, -0.25) is 0 Å². The lowest BCUT2D eigenvalue weighted by molar-refractivity contribution is 0.146. The first-order valence-electron chi connectivity index (χ1n) is 6.79. The molecule has 1 N–H and O–H groups in total. The van der Waals surface area contributed by atoms with Crippen LogP contribution in [0.1, 0.15) is 11.1 Å². The van der Waals surface area contributed by atoms with Crippen molar-refractivity contribution in [1.29, 1.82) is 0 Å². The first kappa shape index (κ1) is 14.4. The Morgan fingerprint density at radius 2 is 1.80 bits per heavy atom. The Labute approximate surface area is 120 Å². The molecule has 0 amide bonds. The van der Waals surface area contributed by atoms with E-state index >= 15 is 0 Å². The van der Waals surface area contributed by atoms with Crippen molar-refractivity contribution in [3.8, 4) is 5.75 Å². The van der Waals surface area contributed by atoms with E-state index in [2.05, 4.69) is 36.5 Å². The summed E-state index contributed by atoms with van der Waals surface area (Å²) in [6.45, 7) is 4.07. The molecule has 0 saturated carbocycles. The van der Waals surface area contributed by atoms with Gasteiger partial charge in [0, 0.05) is 25.4 Å². The van der Waals surface area contributed by atoms with Gasteiger partial charge in [0.2, 0.25) is 0 Å². The Morgan fingerprint density at radius 3 is 2.55 bits per heavy atom. The number of ether oxygens (including phenoxy) is 2. The Balaban J connectivity index is 1.89. The number of rotatable bonds is 7. The molecule has 2 rings (SSSR count). The van der Waals surface area contributed by atoms with Crippen LogP contribution < -0.4 is 10.1 Å². The maximum absolute atomic E-state index is 5.59. The molecule has 0 unspecified atom stereocenters. The summed E-state index contributed by atoms with van der Waals surface area (Å²) in [5.74, 6) is 0.857. The number of nitrogens with one attached hydrogen (secondary N) is 1. The number of aryl methyl sites for hydroxylation is 1. The monoisotopic (exact) mass is 271 g/mol. The van der Waals surface area contributed by atoms with Crippen LogP contribution in [-0.4, -0.2) is 20.3 Å². The van der Waals surface area contributed by atoms with Crippen molar-refractivity contribution in [3.05, 3.63) is 59.7 Å². The van der Waals surface area contributed by atoms with Crippen molar-refractivity contribution in [3.63, 3.8) is 0 Å². The highest BCUT2D eigenvalue weighted by molar-refractivity contribution is 5.48. The normalized spacial score (nSPS) is 10.3. The second-order valence-electron chi connectivity index (χ2n) is 4.71. The van der Waals surface area contributed by atoms with E-state index < -0.39 is 0 Å².